The maximum Gasteiger partial charge on any atom is 0.514 e. The number of nitrogens with one attached hydrogen (secondary N) is 1. The van der Waals surface area contributed by atoms with Gasteiger partial charge in [-0.3, -0.25) is 4.79 Å². The van der Waals surface area contributed by atoms with Crippen LogP contribution in [0, 0.1) is 0 Å². The van der Waals surface area contributed by atoms with Crippen LogP contribution in [0.2, 0.25) is 0 Å². The van der Waals surface area contributed by atoms with E-state index in [-0.39, 0.29) is 12.6 Å². The van der Waals surface area contributed by atoms with Gasteiger partial charge in [-0.2, -0.15) is 0 Å². The maximum atomic E-state index is 12.5. The number of aromatic amines is 1. The third-order valence-electron chi connectivity index (χ3n) is 5.61. The third-order valence-corrected chi connectivity index (χ3v) is 5.61. The van der Waals surface area contributed by atoms with Crippen molar-refractivity contribution in [1.82, 2.24) is 9.88 Å². The summed E-state index contributed by atoms with van der Waals surface area (Å²) in [6.07, 6.45) is 6.72. The van der Waals surface area contributed by atoms with E-state index in [0.717, 1.165) is 48.7 Å². The van der Waals surface area contributed by atoms with E-state index in [1.807, 2.05) is 32.4 Å². The van der Waals surface area contributed by atoms with Gasteiger partial charge in [0.05, 0.1) is 0 Å². The predicted molar refractivity (Wildman–Crippen MR) is 115 cm³/mol. The van der Waals surface area contributed by atoms with Crippen LogP contribution >= 0.6 is 0 Å². The molecule has 1 saturated carbocycles. The van der Waals surface area contributed by atoms with Crippen molar-refractivity contribution in [3.63, 3.8) is 0 Å². The van der Waals surface area contributed by atoms with Gasteiger partial charge in [0.1, 0.15) is 18.0 Å². The topological polar surface area (TPSA) is 80.9 Å². The molecular formula is C23H32N2O5. The summed E-state index contributed by atoms with van der Waals surface area (Å²) < 4.78 is 16.7. The zero-order valence-corrected chi connectivity index (χ0v) is 18.2. The average Bonchev–Trinajstić information content (AvgIpc) is 3.15. The molecule has 1 aromatic heterocycles. The summed E-state index contributed by atoms with van der Waals surface area (Å²) in [5, 5.41) is 0.890. The molecule has 1 aliphatic carbocycles. The Morgan fingerprint density at radius 3 is 2.63 bits per heavy atom. The summed E-state index contributed by atoms with van der Waals surface area (Å²) in [6.45, 7) is 2.67. The Morgan fingerprint density at radius 2 is 1.93 bits per heavy atom. The van der Waals surface area contributed by atoms with Crippen LogP contribution in [0.3, 0.4) is 0 Å². The van der Waals surface area contributed by atoms with Gasteiger partial charge in [-0.1, -0.05) is 19.4 Å². The maximum absolute atomic E-state index is 12.5. The highest BCUT2D eigenvalue weighted by Crippen LogP contribution is 2.33. The van der Waals surface area contributed by atoms with Crippen molar-refractivity contribution in [2.45, 2.75) is 57.5 Å². The summed E-state index contributed by atoms with van der Waals surface area (Å²) in [4.78, 5) is 29.7. The number of carbonyl (C=O) groups excluding carboxylic acids is 2. The minimum Gasteiger partial charge on any atom is -0.455 e. The number of esters is 1. The van der Waals surface area contributed by atoms with Crippen LogP contribution in [0.25, 0.3) is 10.9 Å². The number of H-pyrrole nitrogens is 1. The van der Waals surface area contributed by atoms with E-state index in [2.05, 4.69) is 9.88 Å². The Hall–Kier alpha value is -2.54. The molecule has 0 atom stereocenters. The number of fused-ring (bicyclic) bond motifs is 1. The van der Waals surface area contributed by atoms with Crippen molar-refractivity contribution in [3.05, 3.63) is 30.0 Å². The highest BCUT2D eigenvalue weighted by molar-refractivity contribution is 5.90. The van der Waals surface area contributed by atoms with Gasteiger partial charge in [0.15, 0.2) is 0 Å². The van der Waals surface area contributed by atoms with Gasteiger partial charge in [-0.25, -0.2) is 4.79 Å². The Morgan fingerprint density at radius 1 is 1.17 bits per heavy atom. The number of benzene rings is 1. The van der Waals surface area contributed by atoms with Crippen molar-refractivity contribution < 1.29 is 23.8 Å². The number of aromatic nitrogens is 1. The van der Waals surface area contributed by atoms with E-state index in [9.17, 15) is 9.59 Å². The van der Waals surface area contributed by atoms with Gasteiger partial charge in [0.2, 0.25) is 0 Å². The largest absolute Gasteiger partial charge is 0.514 e. The van der Waals surface area contributed by atoms with Gasteiger partial charge >= 0.3 is 12.1 Å². The summed E-state index contributed by atoms with van der Waals surface area (Å²) in [5.41, 5.74) is 1.26. The lowest BCUT2D eigenvalue weighted by Crippen LogP contribution is -2.42. The zero-order chi connectivity index (χ0) is 21.6. The highest BCUT2D eigenvalue weighted by atomic mass is 16.7. The monoisotopic (exact) mass is 416 g/mol. The SMILES string of the molecule is CCC(=O)OC1(COC(=O)Oc2cccc3[nH]cc(CCN(C)C)c23)CCCCC1. The molecule has 164 valence electrons. The van der Waals surface area contributed by atoms with Crippen LogP contribution in [-0.4, -0.2) is 54.9 Å². The second-order valence-electron chi connectivity index (χ2n) is 8.26. The average molecular weight is 417 g/mol. The molecule has 0 aliphatic heterocycles. The molecule has 0 spiro atoms. The van der Waals surface area contributed by atoms with Crippen molar-refractivity contribution in [2.75, 3.05) is 27.2 Å². The summed E-state index contributed by atoms with van der Waals surface area (Å²) in [5.74, 6) is 0.201. The summed E-state index contributed by atoms with van der Waals surface area (Å²) in [7, 11) is 4.05. The number of ether oxygens (including phenoxy) is 3. The van der Waals surface area contributed by atoms with Crippen LogP contribution in [0.5, 0.6) is 5.75 Å². The van der Waals surface area contributed by atoms with Gasteiger partial charge in [0, 0.05) is 30.1 Å². The fraction of sp³-hybridized carbons (Fsp3) is 0.565. The summed E-state index contributed by atoms with van der Waals surface area (Å²) >= 11 is 0. The number of hydrogen-bond acceptors (Lipinski definition) is 6. The Bertz CT molecular complexity index is 868. The predicted octanol–water partition coefficient (Wildman–Crippen LogP) is 4.44. The number of likely N-dealkylation sites (N-methyl/N-ethyl adjacent to an activating group) is 1. The molecule has 30 heavy (non-hydrogen) atoms. The smallest absolute Gasteiger partial charge is 0.455 e. The number of carbonyl (C=O) groups is 2. The van der Waals surface area contributed by atoms with E-state index in [1.165, 1.54) is 0 Å². The van der Waals surface area contributed by atoms with Crippen LogP contribution in [-0.2, 0) is 20.7 Å². The normalized spacial score (nSPS) is 15.9. The van der Waals surface area contributed by atoms with Gasteiger partial charge in [-0.15, -0.1) is 0 Å². The first kappa shape index (κ1) is 22.2. The molecule has 0 saturated heterocycles. The standard InChI is InChI=1S/C23H32N2O5/c1-4-20(26)30-23(12-6-5-7-13-23)16-28-22(27)29-19-10-8-9-18-21(19)17(15-24-18)11-14-25(2)3/h8-10,15,24H,4-7,11-14,16H2,1-3H3. The van der Waals surface area contributed by atoms with Crippen molar-refractivity contribution in [1.29, 1.82) is 0 Å². The molecule has 2 aromatic rings. The minimum atomic E-state index is -0.778. The molecule has 0 bridgehead atoms. The van der Waals surface area contributed by atoms with Gasteiger partial charge in [0.25, 0.3) is 0 Å². The number of nitrogens with zero attached hydrogens (tertiary/aromatic N) is 1. The van der Waals surface area contributed by atoms with E-state index in [1.54, 1.807) is 13.0 Å². The van der Waals surface area contributed by atoms with Crippen LogP contribution < -0.4 is 4.74 Å². The number of rotatable bonds is 8. The highest BCUT2D eigenvalue weighted by Gasteiger charge is 2.37. The van der Waals surface area contributed by atoms with Gasteiger partial charge < -0.3 is 24.1 Å². The molecule has 1 heterocycles. The second-order valence-corrected chi connectivity index (χ2v) is 8.26. The van der Waals surface area contributed by atoms with Crippen molar-refractivity contribution >= 4 is 23.0 Å². The minimum absolute atomic E-state index is 0.0220. The Balaban J connectivity index is 1.68. The fourth-order valence-corrected chi connectivity index (χ4v) is 3.94. The first-order chi connectivity index (χ1) is 14.4. The lowest BCUT2D eigenvalue weighted by Gasteiger charge is -2.35. The van der Waals surface area contributed by atoms with Crippen molar-refractivity contribution in [2.24, 2.45) is 0 Å². The molecule has 1 aromatic carbocycles. The van der Waals surface area contributed by atoms with Gasteiger partial charge in [-0.05, 0) is 63.9 Å². The molecule has 0 unspecified atom stereocenters. The Kier molecular flexibility index (Phi) is 7.37. The molecule has 0 radical (unpaired) electrons. The van der Waals surface area contributed by atoms with Crippen LogP contribution in [0.1, 0.15) is 51.0 Å². The molecule has 1 N–H and O–H groups in total. The molecule has 0 amide bonds. The van der Waals surface area contributed by atoms with E-state index in [0.29, 0.717) is 25.0 Å². The first-order valence-corrected chi connectivity index (χ1v) is 10.7. The second kappa shape index (κ2) is 9.98. The van der Waals surface area contributed by atoms with E-state index in [4.69, 9.17) is 14.2 Å². The summed E-state index contributed by atoms with van der Waals surface area (Å²) in [6, 6.07) is 5.56. The Labute approximate surface area is 177 Å². The van der Waals surface area contributed by atoms with E-state index < -0.39 is 11.8 Å². The molecule has 3 rings (SSSR count). The van der Waals surface area contributed by atoms with Crippen LogP contribution in [0.4, 0.5) is 4.79 Å². The molecule has 7 heteroatoms. The number of hydrogen-bond donors (Lipinski definition) is 1. The molecular weight excluding hydrogens is 384 g/mol. The molecule has 1 aliphatic rings. The lowest BCUT2D eigenvalue weighted by atomic mass is 9.85. The first-order valence-electron chi connectivity index (χ1n) is 10.7. The third kappa shape index (κ3) is 5.53. The van der Waals surface area contributed by atoms with Crippen molar-refractivity contribution in [3.8, 4) is 5.75 Å². The van der Waals surface area contributed by atoms with E-state index >= 15 is 0 Å². The quantitative estimate of drug-likeness (QED) is 0.506. The molecule has 7 nitrogen and oxygen atoms in total. The van der Waals surface area contributed by atoms with Crippen LogP contribution in [0.15, 0.2) is 24.4 Å². The zero-order valence-electron chi connectivity index (χ0n) is 18.2. The fourth-order valence-electron chi connectivity index (χ4n) is 3.94. The lowest BCUT2D eigenvalue weighted by molar-refractivity contribution is -0.169. The molecule has 1 fully saturated rings.